The van der Waals surface area contributed by atoms with Crippen LogP contribution < -0.4 is 4.90 Å². The van der Waals surface area contributed by atoms with Crippen molar-refractivity contribution in [3.63, 3.8) is 0 Å². The van der Waals surface area contributed by atoms with Gasteiger partial charge >= 0.3 is 0 Å². The van der Waals surface area contributed by atoms with E-state index >= 15 is 0 Å². The Bertz CT molecular complexity index is 459. The summed E-state index contributed by atoms with van der Waals surface area (Å²) in [7, 11) is 0. The zero-order valence-corrected chi connectivity index (χ0v) is 13.1. The molecular formula is C13H15Br2NO. The summed E-state index contributed by atoms with van der Waals surface area (Å²) in [5, 5.41) is 0.893. The van der Waals surface area contributed by atoms with Crippen molar-refractivity contribution in [3.05, 3.63) is 27.7 Å². The second kappa shape index (κ2) is 5.11. The summed E-state index contributed by atoms with van der Waals surface area (Å²) in [6.45, 7) is 4.97. The Balaban J connectivity index is 2.35. The van der Waals surface area contributed by atoms with Gasteiger partial charge in [-0.1, -0.05) is 31.9 Å². The van der Waals surface area contributed by atoms with Gasteiger partial charge in [0.05, 0.1) is 0 Å². The van der Waals surface area contributed by atoms with Crippen molar-refractivity contribution in [2.75, 3.05) is 16.8 Å². The molecule has 0 N–H and O–H groups in total. The predicted octanol–water partition coefficient (Wildman–Crippen LogP) is 3.81. The molecule has 2 rings (SSSR count). The largest absolute Gasteiger partial charge is 0.312 e. The van der Waals surface area contributed by atoms with Crippen LogP contribution in [0.5, 0.6) is 0 Å². The first-order valence-electron chi connectivity index (χ1n) is 5.66. The third-order valence-electron chi connectivity index (χ3n) is 3.41. The minimum absolute atomic E-state index is 0.235. The number of hydrogen-bond acceptors (Lipinski definition) is 1. The Morgan fingerprint density at radius 2 is 2.06 bits per heavy atom. The van der Waals surface area contributed by atoms with E-state index in [2.05, 4.69) is 45.7 Å². The first-order chi connectivity index (χ1) is 8.04. The number of nitrogens with zero attached hydrogens (tertiary/aromatic N) is 1. The van der Waals surface area contributed by atoms with Crippen molar-refractivity contribution in [3.8, 4) is 0 Å². The molecule has 1 aliphatic rings. The van der Waals surface area contributed by atoms with E-state index in [1.165, 1.54) is 11.1 Å². The number of carbonyl (C=O) groups is 1. The Labute approximate surface area is 119 Å². The molecule has 1 fully saturated rings. The monoisotopic (exact) mass is 359 g/mol. The minimum atomic E-state index is 0.235. The lowest BCUT2D eigenvalue weighted by molar-refractivity contribution is -0.117. The quantitative estimate of drug-likeness (QED) is 0.734. The molecule has 2 nitrogen and oxygen atoms in total. The number of halogens is 2. The number of amides is 1. The molecule has 1 saturated heterocycles. The van der Waals surface area contributed by atoms with E-state index in [0.717, 1.165) is 22.0 Å². The fourth-order valence-electron chi connectivity index (χ4n) is 2.18. The molecule has 1 aliphatic heterocycles. The Morgan fingerprint density at radius 3 is 2.65 bits per heavy atom. The van der Waals surface area contributed by atoms with Gasteiger partial charge in [0.2, 0.25) is 5.91 Å². The lowest BCUT2D eigenvalue weighted by Gasteiger charge is -2.20. The number of anilines is 1. The summed E-state index contributed by atoms with van der Waals surface area (Å²) in [4.78, 5) is 13.9. The van der Waals surface area contributed by atoms with E-state index in [-0.39, 0.29) is 5.91 Å². The SMILES string of the molecule is Cc1c(Br)ccc(N2CC(CBr)CC2=O)c1C. The Kier molecular flexibility index (Phi) is 3.93. The first-order valence-corrected chi connectivity index (χ1v) is 7.58. The molecule has 17 heavy (non-hydrogen) atoms. The summed E-state index contributed by atoms with van der Waals surface area (Å²) < 4.78 is 1.10. The highest BCUT2D eigenvalue weighted by Gasteiger charge is 2.30. The zero-order valence-electron chi connectivity index (χ0n) is 9.96. The molecule has 0 spiro atoms. The lowest BCUT2D eigenvalue weighted by atomic mass is 10.1. The van der Waals surface area contributed by atoms with E-state index in [9.17, 15) is 4.79 Å². The molecule has 0 radical (unpaired) electrons. The predicted molar refractivity (Wildman–Crippen MR) is 77.9 cm³/mol. The molecular weight excluding hydrogens is 346 g/mol. The smallest absolute Gasteiger partial charge is 0.227 e. The third-order valence-corrected chi connectivity index (χ3v) is 5.18. The van der Waals surface area contributed by atoms with Crippen LogP contribution in [-0.4, -0.2) is 17.8 Å². The van der Waals surface area contributed by atoms with Crippen LogP contribution in [0.2, 0.25) is 0 Å². The van der Waals surface area contributed by atoms with Gasteiger partial charge in [-0.05, 0) is 43.0 Å². The molecule has 0 aromatic heterocycles. The highest BCUT2D eigenvalue weighted by atomic mass is 79.9. The van der Waals surface area contributed by atoms with Crippen LogP contribution in [0.4, 0.5) is 5.69 Å². The maximum absolute atomic E-state index is 12.0. The zero-order chi connectivity index (χ0) is 12.6. The van der Waals surface area contributed by atoms with Gasteiger partial charge < -0.3 is 4.90 Å². The minimum Gasteiger partial charge on any atom is -0.312 e. The van der Waals surface area contributed by atoms with E-state index in [1.807, 2.05) is 17.0 Å². The third kappa shape index (κ3) is 2.43. The van der Waals surface area contributed by atoms with Crippen LogP contribution in [0.15, 0.2) is 16.6 Å². The fraction of sp³-hybridized carbons (Fsp3) is 0.462. The maximum Gasteiger partial charge on any atom is 0.227 e. The number of alkyl halides is 1. The number of carbonyl (C=O) groups excluding carboxylic acids is 1. The van der Waals surface area contributed by atoms with Gasteiger partial charge in [0.15, 0.2) is 0 Å². The van der Waals surface area contributed by atoms with Crippen LogP contribution >= 0.6 is 31.9 Å². The molecule has 1 heterocycles. The molecule has 1 amide bonds. The Hall–Kier alpha value is -0.350. The van der Waals surface area contributed by atoms with E-state index in [1.54, 1.807) is 0 Å². The molecule has 1 aromatic carbocycles. The van der Waals surface area contributed by atoms with E-state index in [4.69, 9.17) is 0 Å². The van der Waals surface area contributed by atoms with Gasteiger partial charge in [-0.3, -0.25) is 4.79 Å². The summed E-state index contributed by atoms with van der Waals surface area (Å²) >= 11 is 6.98. The van der Waals surface area contributed by atoms with Gasteiger partial charge in [0, 0.05) is 28.5 Å². The van der Waals surface area contributed by atoms with Gasteiger partial charge in [-0.2, -0.15) is 0 Å². The molecule has 1 aromatic rings. The van der Waals surface area contributed by atoms with Crippen molar-refractivity contribution in [2.45, 2.75) is 20.3 Å². The summed E-state index contributed by atoms with van der Waals surface area (Å²) in [6, 6.07) is 4.05. The molecule has 1 unspecified atom stereocenters. The summed E-state index contributed by atoms with van der Waals surface area (Å²) in [5.74, 6) is 0.671. The van der Waals surface area contributed by atoms with Gasteiger partial charge in [-0.15, -0.1) is 0 Å². The topological polar surface area (TPSA) is 20.3 Å². The van der Waals surface area contributed by atoms with Crippen molar-refractivity contribution >= 4 is 43.5 Å². The second-order valence-corrected chi connectivity index (χ2v) is 6.05. The molecule has 4 heteroatoms. The lowest BCUT2D eigenvalue weighted by Crippen LogP contribution is -2.25. The Morgan fingerprint density at radius 1 is 1.35 bits per heavy atom. The van der Waals surface area contributed by atoms with Crippen LogP contribution in [0.25, 0.3) is 0 Å². The first kappa shape index (κ1) is 13.1. The average molecular weight is 361 g/mol. The van der Waals surface area contributed by atoms with E-state index < -0.39 is 0 Å². The fourth-order valence-corrected chi connectivity index (χ4v) is 3.05. The molecule has 1 atom stereocenters. The van der Waals surface area contributed by atoms with E-state index in [0.29, 0.717) is 12.3 Å². The standard InChI is InChI=1S/C13H15Br2NO/c1-8-9(2)12(4-3-11(8)15)16-7-10(6-14)5-13(16)17/h3-4,10H,5-7H2,1-2H3. The number of hydrogen-bond donors (Lipinski definition) is 0. The maximum atomic E-state index is 12.0. The molecule has 92 valence electrons. The summed E-state index contributed by atoms with van der Waals surface area (Å²) in [6.07, 6.45) is 0.653. The highest BCUT2D eigenvalue weighted by molar-refractivity contribution is 9.10. The second-order valence-electron chi connectivity index (χ2n) is 4.55. The number of benzene rings is 1. The highest BCUT2D eigenvalue weighted by Crippen LogP contribution is 2.32. The average Bonchev–Trinajstić information content (AvgIpc) is 2.68. The molecule has 0 bridgehead atoms. The van der Waals surface area contributed by atoms with Crippen LogP contribution in [-0.2, 0) is 4.79 Å². The van der Waals surface area contributed by atoms with Crippen molar-refractivity contribution in [2.24, 2.45) is 5.92 Å². The van der Waals surface area contributed by atoms with Crippen molar-refractivity contribution < 1.29 is 4.79 Å². The molecule has 0 saturated carbocycles. The normalized spacial score (nSPS) is 20.1. The summed E-state index contributed by atoms with van der Waals surface area (Å²) in [5.41, 5.74) is 3.44. The van der Waals surface area contributed by atoms with Gasteiger partial charge in [0.1, 0.15) is 0 Å². The van der Waals surface area contributed by atoms with Gasteiger partial charge in [0.25, 0.3) is 0 Å². The van der Waals surface area contributed by atoms with Gasteiger partial charge in [-0.25, -0.2) is 0 Å². The van der Waals surface area contributed by atoms with Crippen LogP contribution in [0.3, 0.4) is 0 Å². The van der Waals surface area contributed by atoms with Crippen LogP contribution in [0.1, 0.15) is 17.5 Å². The van der Waals surface area contributed by atoms with Crippen molar-refractivity contribution in [1.29, 1.82) is 0 Å². The molecule has 0 aliphatic carbocycles. The van der Waals surface area contributed by atoms with Crippen LogP contribution in [0, 0.1) is 19.8 Å². The van der Waals surface area contributed by atoms with Crippen molar-refractivity contribution in [1.82, 2.24) is 0 Å². The number of rotatable bonds is 2.